The van der Waals surface area contributed by atoms with Gasteiger partial charge in [0.15, 0.2) is 11.5 Å². The molecule has 0 fully saturated rings. The van der Waals surface area contributed by atoms with Gasteiger partial charge in [0.05, 0.1) is 0 Å². The second kappa shape index (κ2) is 7.07. The van der Waals surface area contributed by atoms with E-state index in [0.29, 0.717) is 27.2 Å². The number of benzene rings is 2. The van der Waals surface area contributed by atoms with Gasteiger partial charge in [-0.05, 0) is 42.0 Å². The predicted molar refractivity (Wildman–Crippen MR) is 96.6 cm³/mol. The SMILES string of the molecule is N#CC(=Cc1cc2c(cc1Br)OCO2)C(=O)Nc1cccc(Br)c1. The zero-order valence-corrected chi connectivity index (χ0v) is 15.3. The van der Waals surface area contributed by atoms with Gasteiger partial charge in [-0.3, -0.25) is 4.79 Å². The molecule has 0 bridgehead atoms. The minimum Gasteiger partial charge on any atom is -0.454 e. The van der Waals surface area contributed by atoms with Crippen molar-refractivity contribution in [3.8, 4) is 17.6 Å². The Bertz CT molecular complexity index is 888. The number of rotatable bonds is 3. The number of carbonyl (C=O) groups excluding carboxylic acids is 1. The summed E-state index contributed by atoms with van der Waals surface area (Å²) in [6.07, 6.45) is 1.50. The van der Waals surface area contributed by atoms with Gasteiger partial charge in [0.2, 0.25) is 6.79 Å². The highest BCUT2D eigenvalue weighted by atomic mass is 79.9. The first kappa shape index (κ1) is 16.6. The molecule has 5 nitrogen and oxygen atoms in total. The normalized spacial score (nSPS) is 12.6. The van der Waals surface area contributed by atoms with Crippen molar-refractivity contribution in [3.05, 3.63) is 56.5 Å². The van der Waals surface area contributed by atoms with E-state index in [-0.39, 0.29) is 12.4 Å². The van der Waals surface area contributed by atoms with E-state index in [9.17, 15) is 10.1 Å². The molecule has 1 N–H and O–H groups in total. The minimum atomic E-state index is -0.486. The van der Waals surface area contributed by atoms with E-state index in [2.05, 4.69) is 37.2 Å². The molecule has 3 rings (SSSR count). The summed E-state index contributed by atoms with van der Waals surface area (Å²) in [4.78, 5) is 12.3. The molecule has 24 heavy (non-hydrogen) atoms. The summed E-state index contributed by atoms with van der Waals surface area (Å²) < 4.78 is 12.1. The summed E-state index contributed by atoms with van der Waals surface area (Å²) in [6, 6.07) is 12.5. The van der Waals surface area contributed by atoms with E-state index in [1.807, 2.05) is 12.1 Å². The highest BCUT2D eigenvalue weighted by molar-refractivity contribution is 9.10. The first-order valence-corrected chi connectivity index (χ1v) is 8.43. The molecular weight excluding hydrogens is 440 g/mol. The number of carbonyl (C=O) groups is 1. The summed E-state index contributed by atoms with van der Waals surface area (Å²) in [7, 11) is 0. The van der Waals surface area contributed by atoms with Gasteiger partial charge < -0.3 is 14.8 Å². The molecule has 0 aromatic heterocycles. The molecule has 1 aliphatic heterocycles. The quantitative estimate of drug-likeness (QED) is 0.553. The molecule has 0 saturated heterocycles. The average molecular weight is 450 g/mol. The number of anilines is 1. The number of amides is 1. The number of halogens is 2. The molecule has 0 radical (unpaired) electrons. The van der Waals surface area contributed by atoms with Crippen LogP contribution in [0.4, 0.5) is 5.69 Å². The molecule has 1 aliphatic rings. The zero-order chi connectivity index (χ0) is 17.1. The van der Waals surface area contributed by atoms with E-state index < -0.39 is 5.91 Å². The van der Waals surface area contributed by atoms with Gasteiger partial charge in [0.1, 0.15) is 11.6 Å². The highest BCUT2D eigenvalue weighted by Crippen LogP contribution is 2.37. The molecule has 0 spiro atoms. The minimum absolute atomic E-state index is 0.0189. The maximum absolute atomic E-state index is 12.3. The molecule has 7 heteroatoms. The molecule has 120 valence electrons. The fourth-order valence-corrected chi connectivity index (χ4v) is 2.95. The van der Waals surface area contributed by atoms with Gasteiger partial charge in [-0.1, -0.05) is 37.9 Å². The molecule has 1 amide bonds. The standard InChI is InChI=1S/C17H10Br2N2O3/c18-12-2-1-3-13(6-12)21-17(22)11(8-20)4-10-5-15-16(7-14(10)19)24-9-23-15/h1-7H,9H2,(H,21,22). The van der Waals surface area contributed by atoms with Crippen LogP contribution in [0.1, 0.15) is 5.56 Å². The summed E-state index contributed by atoms with van der Waals surface area (Å²) in [5, 5.41) is 12.0. The van der Waals surface area contributed by atoms with Crippen LogP contribution < -0.4 is 14.8 Å². The lowest BCUT2D eigenvalue weighted by Gasteiger charge is -2.06. The number of fused-ring (bicyclic) bond motifs is 1. The van der Waals surface area contributed by atoms with Gasteiger partial charge in [-0.15, -0.1) is 0 Å². The average Bonchev–Trinajstić information content (AvgIpc) is 2.99. The number of ether oxygens (including phenoxy) is 2. The molecular formula is C17H10Br2N2O3. The van der Waals surface area contributed by atoms with Crippen molar-refractivity contribution < 1.29 is 14.3 Å². The summed E-state index contributed by atoms with van der Waals surface area (Å²) in [6.45, 7) is 0.156. The Hall–Kier alpha value is -2.30. The van der Waals surface area contributed by atoms with Crippen molar-refractivity contribution in [1.82, 2.24) is 0 Å². The first-order chi connectivity index (χ1) is 11.6. The van der Waals surface area contributed by atoms with E-state index in [1.54, 1.807) is 30.3 Å². The number of hydrogen-bond donors (Lipinski definition) is 1. The van der Waals surface area contributed by atoms with Crippen molar-refractivity contribution in [1.29, 1.82) is 5.26 Å². The molecule has 0 atom stereocenters. The predicted octanol–water partition coefficient (Wildman–Crippen LogP) is 4.49. The number of hydrogen-bond acceptors (Lipinski definition) is 4. The van der Waals surface area contributed by atoms with Crippen LogP contribution in [0.3, 0.4) is 0 Å². The first-order valence-electron chi connectivity index (χ1n) is 6.84. The van der Waals surface area contributed by atoms with Gasteiger partial charge in [0.25, 0.3) is 5.91 Å². The lowest BCUT2D eigenvalue weighted by atomic mass is 10.1. The Morgan fingerprint density at radius 1 is 1.21 bits per heavy atom. The van der Waals surface area contributed by atoms with Crippen LogP contribution in [0.5, 0.6) is 11.5 Å². The molecule has 2 aromatic carbocycles. The number of nitriles is 1. The van der Waals surface area contributed by atoms with E-state index in [4.69, 9.17) is 9.47 Å². The van der Waals surface area contributed by atoms with Crippen LogP contribution in [0.2, 0.25) is 0 Å². The maximum atomic E-state index is 12.3. The lowest BCUT2D eigenvalue weighted by molar-refractivity contribution is -0.112. The third kappa shape index (κ3) is 3.61. The molecule has 1 heterocycles. The Labute approximate surface area is 155 Å². The van der Waals surface area contributed by atoms with Crippen LogP contribution in [-0.4, -0.2) is 12.7 Å². The Kier molecular flexibility index (Phi) is 4.88. The lowest BCUT2D eigenvalue weighted by Crippen LogP contribution is -2.13. The van der Waals surface area contributed by atoms with E-state index in [0.717, 1.165) is 4.47 Å². The topological polar surface area (TPSA) is 71.3 Å². The molecule has 0 saturated carbocycles. The van der Waals surface area contributed by atoms with Crippen LogP contribution >= 0.6 is 31.9 Å². The Balaban J connectivity index is 1.87. The maximum Gasteiger partial charge on any atom is 0.266 e. The summed E-state index contributed by atoms with van der Waals surface area (Å²) in [5.41, 5.74) is 1.23. The number of nitrogens with one attached hydrogen (secondary N) is 1. The zero-order valence-electron chi connectivity index (χ0n) is 12.2. The third-order valence-electron chi connectivity index (χ3n) is 3.24. The highest BCUT2D eigenvalue weighted by Gasteiger charge is 2.17. The molecule has 0 unspecified atom stereocenters. The van der Waals surface area contributed by atoms with Crippen LogP contribution in [0, 0.1) is 11.3 Å². The monoisotopic (exact) mass is 448 g/mol. The van der Waals surface area contributed by atoms with Crippen molar-refractivity contribution in [2.75, 3.05) is 12.1 Å². The second-order valence-electron chi connectivity index (χ2n) is 4.86. The van der Waals surface area contributed by atoms with Crippen molar-refractivity contribution in [2.45, 2.75) is 0 Å². The summed E-state index contributed by atoms with van der Waals surface area (Å²) >= 11 is 6.74. The van der Waals surface area contributed by atoms with Gasteiger partial charge in [0, 0.05) is 14.6 Å². The van der Waals surface area contributed by atoms with Crippen molar-refractivity contribution >= 4 is 49.5 Å². The van der Waals surface area contributed by atoms with Gasteiger partial charge in [-0.2, -0.15) is 5.26 Å². The largest absolute Gasteiger partial charge is 0.454 e. The van der Waals surface area contributed by atoms with Crippen LogP contribution in [0.15, 0.2) is 50.9 Å². The summed E-state index contributed by atoms with van der Waals surface area (Å²) in [5.74, 6) is 0.713. The third-order valence-corrected chi connectivity index (χ3v) is 4.42. The van der Waals surface area contributed by atoms with Crippen molar-refractivity contribution in [3.63, 3.8) is 0 Å². The van der Waals surface area contributed by atoms with E-state index in [1.165, 1.54) is 6.08 Å². The van der Waals surface area contributed by atoms with Gasteiger partial charge in [-0.25, -0.2) is 0 Å². The smallest absolute Gasteiger partial charge is 0.266 e. The van der Waals surface area contributed by atoms with Crippen molar-refractivity contribution in [2.24, 2.45) is 0 Å². The molecule has 0 aliphatic carbocycles. The number of nitrogens with zero attached hydrogens (tertiary/aromatic N) is 1. The second-order valence-corrected chi connectivity index (χ2v) is 6.63. The van der Waals surface area contributed by atoms with E-state index >= 15 is 0 Å². The fourth-order valence-electron chi connectivity index (χ4n) is 2.11. The Morgan fingerprint density at radius 2 is 1.96 bits per heavy atom. The Morgan fingerprint density at radius 3 is 2.67 bits per heavy atom. The van der Waals surface area contributed by atoms with Gasteiger partial charge >= 0.3 is 0 Å². The molecule has 2 aromatic rings. The fraction of sp³-hybridized carbons (Fsp3) is 0.0588. The van der Waals surface area contributed by atoms with Crippen LogP contribution in [-0.2, 0) is 4.79 Å². The van der Waals surface area contributed by atoms with Crippen LogP contribution in [0.25, 0.3) is 6.08 Å².